The van der Waals surface area contributed by atoms with E-state index in [2.05, 4.69) is 31.2 Å². The predicted molar refractivity (Wildman–Crippen MR) is 121 cm³/mol. The molecule has 1 aliphatic rings. The standard InChI is InChI=1S/C17H18ClN5S.C4H6O2/c18-15-8-14-16(20-11-21-17(14)24-15)22-13-3-6-23(7-4-13)10-12-2-1-5-19-9-12;1-2-3-4(5)6/h1-2,5,8-9,11,13H,3-4,6-7,10H2,(H,20,21,22);2-3H,1H3,(H,5,6)/b;3-2-. The van der Waals surface area contributed by atoms with Gasteiger partial charge in [0.1, 0.15) is 17.0 Å². The molecular weight excluding hydrogens is 422 g/mol. The minimum absolute atomic E-state index is 0.437. The van der Waals surface area contributed by atoms with Gasteiger partial charge in [0.25, 0.3) is 0 Å². The highest BCUT2D eigenvalue weighted by molar-refractivity contribution is 7.22. The number of thiophene rings is 1. The number of nitrogens with zero attached hydrogens (tertiary/aromatic N) is 4. The van der Waals surface area contributed by atoms with Gasteiger partial charge in [0.15, 0.2) is 0 Å². The molecule has 1 saturated heterocycles. The maximum absolute atomic E-state index is 9.51. The molecule has 0 unspecified atom stereocenters. The molecule has 1 aliphatic heterocycles. The summed E-state index contributed by atoms with van der Waals surface area (Å²) in [5.74, 6) is 0.00589. The second kappa shape index (κ2) is 11.0. The van der Waals surface area contributed by atoms with Crippen molar-refractivity contribution >= 4 is 44.9 Å². The molecule has 2 N–H and O–H groups in total. The number of anilines is 1. The zero-order valence-electron chi connectivity index (χ0n) is 16.7. The molecule has 0 radical (unpaired) electrons. The van der Waals surface area contributed by atoms with E-state index in [1.165, 1.54) is 23.0 Å². The van der Waals surface area contributed by atoms with Crippen LogP contribution < -0.4 is 5.32 Å². The Morgan fingerprint density at radius 3 is 2.83 bits per heavy atom. The Hall–Kier alpha value is -2.55. The molecule has 30 heavy (non-hydrogen) atoms. The van der Waals surface area contributed by atoms with Crippen LogP contribution in [0.25, 0.3) is 10.2 Å². The van der Waals surface area contributed by atoms with Gasteiger partial charge in [-0.15, -0.1) is 11.3 Å². The minimum atomic E-state index is -0.891. The number of hydrogen-bond acceptors (Lipinski definition) is 7. The number of carbonyl (C=O) groups is 1. The third-order valence-corrected chi connectivity index (χ3v) is 5.84. The number of hydrogen-bond donors (Lipinski definition) is 2. The monoisotopic (exact) mass is 445 g/mol. The van der Waals surface area contributed by atoms with E-state index in [4.69, 9.17) is 16.7 Å². The van der Waals surface area contributed by atoms with E-state index in [-0.39, 0.29) is 0 Å². The van der Waals surface area contributed by atoms with Crippen LogP contribution in [0.2, 0.25) is 4.34 Å². The van der Waals surface area contributed by atoms with Gasteiger partial charge in [-0.3, -0.25) is 9.88 Å². The fourth-order valence-corrected chi connectivity index (χ4v) is 4.32. The van der Waals surface area contributed by atoms with E-state index in [0.29, 0.717) is 6.04 Å². The molecule has 4 rings (SSSR count). The summed E-state index contributed by atoms with van der Waals surface area (Å²) >= 11 is 7.60. The number of nitrogens with one attached hydrogen (secondary N) is 1. The van der Waals surface area contributed by atoms with Crippen LogP contribution in [0.4, 0.5) is 5.82 Å². The predicted octanol–water partition coefficient (Wildman–Crippen LogP) is 4.46. The highest BCUT2D eigenvalue weighted by atomic mass is 35.5. The first-order chi connectivity index (χ1) is 14.5. The Kier molecular flexibility index (Phi) is 8.12. The van der Waals surface area contributed by atoms with Crippen LogP contribution in [-0.2, 0) is 11.3 Å². The first-order valence-electron chi connectivity index (χ1n) is 9.68. The molecule has 3 aromatic rings. The molecule has 0 atom stereocenters. The van der Waals surface area contributed by atoms with Gasteiger partial charge in [-0.1, -0.05) is 23.7 Å². The number of carboxylic acids is 1. The molecule has 9 heteroatoms. The fourth-order valence-electron chi connectivity index (χ4n) is 3.26. The molecular formula is C21H24ClN5O2S. The van der Waals surface area contributed by atoms with Crippen molar-refractivity contribution in [1.29, 1.82) is 0 Å². The third kappa shape index (κ3) is 6.48. The van der Waals surface area contributed by atoms with Gasteiger partial charge in [0.2, 0.25) is 0 Å². The Labute approximate surface area is 184 Å². The number of piperidine rings is 1. The van der Waals surface area contributed by atoms with Crippen molar-refractivity contribution in [3.05, 3.63) is 59.0 Å². The smallest absolute Gasteiger partial charge is 0.327 e. The number of likely N-dealkylation sites (tertiary alicyclic amines) is 1. The maximum atomic E-state index is 9.51. The van der Waals surface area contributed by atoms with Crippen molar-refractivity contribution in [3.63, 3.8) is 0 Å². The normalized spacial score (nSPS) is 15.1. The Bertz CT molecular complexity index is 987. The van der Waals surface area contributed by atoms with Crippen molar-refractivity contribution in [3.8, 4) is 0 Å². The average molecular weight is 446 g/mol. The molecule has 0 saturated carbocycles. The lowest BCUT2D eigenvalue weighted by Crippen LogP contribution is -2.38. The van der Waals surface area contributed by atoms with Crippen LogP contribution in [0.3, 0.4) is 0 Å². The second-order valence-corrected chi connectivity index (χ2v) is 8.55. The molecule has 0 aromatic carbocycles. The summed E-state index contributed by atoms with van der Waals surface area (Å²) in [6.45, 7) is 4.78. The van der Waals surface area contributed by atoms with Crippen molar-refractivity contribution in [2.75, 3.05) is 18.4 Å². The Morgan fingerprint density at radius 2 is 2.20 bits per heavy atom. The maximum Gasteiger partial charge on any atom is 0.327 e. The largest absolute Gasteiger partial charge is 0.478 e. The lowest BCUT2D eigenvalue weighted by Gasteiger charge is -2.32. The topological polar surface area (TPSA) is 91.2 Å². The number of aliphatic carboxylic acids is 1. The minimum Gasteiger partial charge on any atom is -0.478 e. The summed E-state index contributed by atoms with van der Waals surface area (Å²) < 4.78 is 0.750. The Balaban J connectivity index is 0.000000377. The number of fused-ring (bicyclic) bond motifs is 1. The van der Waals surface area contributed by atoms with Gasteiger partial charge in [0, 0.05) is 44.1 Å². The molecule has 3 aromatic heterocycles. The Morgan fingerprint density at radius 1 is 1.40 bits per heavy atom. The highest BCUT2D eigenvalue weighted by Gasteiger charge is 2.20. The summed E-state index contributed by atoms with van der Waals surface area (Å²) in [5.41, 5.74) is 1.27. The summed E-state index contributed by atoms with van der Waals surface area (Å²) in [6.07, 6.45) is 10.1. The number of halogens is 1. The number of aromatic nitrogens is 3. The zero-order valence-corrected chi connectivity index (χ0v) is 18.2. The van der Waals surface area contributed by atoms with Crippen molar-refractivity contribution in [1.82, 2.24) is 19.9 Å². The van der Waals surface area contributed by atoms with E-state index in [0.717, 1.165) is 58.9 Å². The van der Waals surface area contributed by atoms with Gasteiger partial charge in [-0.2, -0.15) is 0 Å². The molecule has 0 bridgehead atoms. The third-order valence-electron chi connectivity index (χ3n) is 4.67. The van der Waals surface area contributed by atoms with E-state index >= 15 is 0 Å². The van der Waals surface area contributed by atoms with Crippen LogP contribution in [-0.4, -0.2) is 50.1 Å². The van der Waals surface area contributed by atoms with Crippen LogP contribution in [0.15, 0.2) is 49.1 Å². The molecule has 1 fully saturated rings. The van der Waals surface area contributed by atoms with Crippen molar-refractivity contribution < 1.29 is 9.90 Å². The number of allylic oxidation sites excluding steroid dienone is 1. The van der Waals surface area contributed by atoms with E-state index in [1.54, 1.807) is 13.3 Å². The summed E-state index contributed by atoms with van der Waals surface area (Å²) in [6, 6.07) is 6.51. The first-order valence-corrected chi connectivity index (χ1v) is 10.9. The van der Waals surface area contributed by atoms with Crippen LogP contribution in [0.1, 0.15) is 25.3 Å². The van der Waals surface area contributed by atoms with E-state index in [9.17, 15) is 4.79 Å². The zero-order chi connectivity index (χ0) is 21.3. The van der Waals surface area contributed by atoms with Gasteiger partial charge in [0.05, 0.1) is 9.72 Å². The summed E-state index contributed by atoms with van der Waals surface area (Å²) in [7, 11) is 0. The molecule has 4 heterocycles. The molecule has 158 valence electrons. The van der Waals surface area contributed by atoms with E-state index < -0.39 is 5.97 Å². The molecule has 7 nitrogen and oxygen atoms in total. The second-order valence-electron chi connectivity index (χ2n) is 6.89. The van der Waals surface area contributed by atoms with Crippen LogP contribution in [0, 0.1) is 0 Å². The first kappa shape index (κ1) is 22.1. The average Bonchev–Trinajstić information content (AvgIpc) is 3.12. The van der Waals surface area contributed by atoms with Gasteiger partial charge < -0.3 is 10.4 Å². The van der Waals surface area contributed by atoms with Crippen molar-refractivity contribution in [2.24, 2.45) is 0 Å². The number of rotatable bonds is 5. The van der Waals surface area contributed by atoms with E-state index in [1.807, 2.05) is 24.5 Å². The highest BCUT2D eigenvalue weighted by Crippen LogP contribution is 2.32. The van der Waals surface area contributed by atoms with Gasteiger partial charge >= 0.3 is 5.97 Å². The quantitative estimate of drug-likeness (QED) is 0.560. The molecule has 0 spiro atoms. The van der Waals surface area contributed by atoms with Crippen LogP contribution in [0.5, 0.6) is 0 Å². The summed E-state index contributed by atoms with van der Waals surface area (Å²) in [4.78, 5) is 25.8. The summed E-state index contributed by atoms with van der Waals surface area (Å²) in [5, 5.41) is 12.4. The van der Waals surface area contributed by atoms with Crippen LogP contribution >= 0.6 is 22.9 Å². The fraction of sp³-hybridized carbons (Fsp3) is 0.333. The van der Waals surface area contributed by atoms with Gasteiger partial charge in [-0.25, -0.2) is 14.8 Å². The lowest BCUT2D eigenvalue weighted by atomic mass is 10.0. The SMILES string of the molecule is C/C=C\C(=O)O.Clc1cc2c(NC3CCN(Cc4cccnc4)CC3)ncnc2s1. The molecule has 0 amide bonds. The van der Waals surface area contributed by atoms with Crippen molar-refractivity contribution in [2.45, 2.75) is 32.4 Å². The lowest BCUT2D eigenvalue weighted by molar-refractivity contribution is -0.131. The number of carboxylic acid groups (broad SMARTS) is 1. The molecule has 0 aliphatic carbocycles. The number of pyridine rings is 1. The van der Waals surface area contributed by atoms with Gasteiger partial charge in [-0.05, 0) is 37.5 Å².